The van der Waals surface area contributed by atoms with Gasteiger partial charge in [-0.2, -0.15) is 0 Å². The van der Waals surface area contributed by atoms with Crippen LogP contribution < -0.4 is 5.32 Å². The van der Waals surface area contributed by atoms with Crippen molar-refractivity contribution in [3.63, 3.8) is 0 Å². The highest BCUT2D eigenvalue weighted by Crippen LogP contribution is 2.25. The first kappa shape index (κ1) is 18.3. The van der Waals surface area contributed by atoms with Gasteiger partial charge in [0.2, 0.25) is 0 Å². The number of aromatic nitrogens is 2. The van der Waals surface area contributed by atoms with Crippen LogP contribution in [0.25, 0.3) is 11.0 Å². The maximum Gasteiger partial charge on any atom is 0.271 e. The van der Waals surface area contributed by atoms with Gasteiger partial charge in [-0.05, 0) is 35.9 Å². The Labute approximate surface area is 164 Å². The molecule has 0 spiro atoms. The topological polar surface area (TPSA) is 101 Å². The van der Waals surface area contributed by atoms with Crippen LogP contribution in [0.3, 0.4) is 0 Å². The van der Waals surface area contributed by atoms with Crippen LogP contribution in [0.5, 0.6) is 0 Å². The van der Waals surface area contributed by atoms with Crippen molar-refractivity contribution in [2.24, 2.45) is 0 Å². The fraction of sp³-hybridized carbons (Fsp3) is 0.0476. The molecule has 8 heteroatoms. The van der Waals surface area contributed by atoms with Gasteiger partial charge in [0, 0.05) is 17.7 Å². The number of carbonyl (C=O) groups excluding carboxylic acids is 1. The summed E-state index contributed by atoms with van der Waals surface area (Å²) >= 11 is 0. The van der Waals surface area contributed by atoms with Crippen LogP contribution in [0, 0.1) is 15.9 Å². The Morgan fingerprint density at radius 1 is 1.07 bits per heavy atom. The van der Waals surface area contributed by atoms with E-state index in [9.17, 15) is 19.3 Å². The molecule has 1 unspecified atom stereocenters. The van der Waals surface area contributed by atoms with Crippen molar-refractivity contribution in [1.82, 2.24) is 15.3 Å². The Morgan fingerprint density at radius 2 is 1.79 bits per heavy atom. The zero-order valence-corrected chi connectivity index (χ0v) is 15.0. The van der Waals surface area contributed by atoms with E-state index in [-0.39, 0.29) is 5.69 Å². The molecule has 4 rings (SSSR count). The Kier molecular flexibility index (Phi) is 4.74. The molecule has 0 fully saturated rings. The van der Waals surface area contributed by atoms with Crippen molar-refractivity contribution in [1.29, 1.82) is 0 Å². The fourth-order valence-corrected chi connectivity index (χ4v) is 3.04. The quantitative estimate of drug-likeness (QED) is 0.395. The molecule has 144 valence electrons. The maximum absolute atomic E-state index is 13.2. The van der Waals surface area contributed by atoms with Crippen molar-refractivity contribution in [2.75, 3.05) is 0 Å². The third kappa shape index (κ3) is 3.81. The number of carbonyl (C=O) groups is 1. The summed E-state index contributed by atoms with van der Waals surface area (Å²) in [6.07, 6.45) is 0. The lowest BCUT2D eigenvalue weighted by Crippen LogP contribution is -2.30. The van der Waals surface area contributed by atoms with Crippen molar-refractivity contribution in [3.8, 4) is 0 Å². The molecule has 4 aromatic rings. The molecule has 1 atom stereocenters. The average molecular weight is 390 g/mol. The molecular formula is C21H15FN4O3. The number of halogens is 1. The number of benzene rings is 3. The van der Waals surface area contributed by atoms with Crippen LogP contribution in [0.2, 0.25) is 0 Å². The average Bonchev–Trinajstić information content (AvgIpc) is 3.16. The number of aromatic amines is 1. The molecule has 0 saturated carbocycles. The number of hydrogen-bond donors (Lipinski definition) is 2. The number of non-ortho nitro benzene ring substituents is 1. The van der Waals surface area contributed by atoms with E-state index >= 15 is 0 Å². The molecule has 0 aliphatic rings. The zero-order chi connectivity index (χ0) is 20.4. The molecule has 29 heavy (non-hydrogen) atoms. The summed E-state index contributed by atoms with van der Waals surface area (Å²) in [6, 6.07) is 18.1. The van der Waals surface area contributed by atoms with Crippen molar-refractivity contribution >= 4 is 22.6 Å². The number of nitrogens with zero attached hydrogens (tertiary/aromatic N) is 2. The second-order valence-corrected chi connectivity index (χ2v) is 6.40. The van der Waals surface area contributed by atoms with Gasteiger partial charge in [-0.1, -0.05) is 30.3 Å². The number of nitrogens with one attached hydrogen (secondary N) is 2. The first-order valence-corrected chi connectivity index (χ1v) is 8.77. The van der Waals surface area contributed by atoms with Crippen LogP contribution in [-0.2, 0) is 0 Å². The zero-order valence-electron chi connectivity index (χ0n) is 15.0. The van der Waals surface area contributed by atoms with Crippen molar-refractivity contribution in [2.45, 2.75) is 6.04 Å². The number of fused-ring (bicyclic) bond motifs is 1. The van der Waals surface area contributed by atoms with Gasteiger partial charge in [0.05, 0.1) is 16.0 Å². The van der Waals surface area contributed by atoms with Gasteiger partial charge in [0.1, 0.15) is 17.7 Å². The van der Waals surface area contributed by atoms with E-state index in [1.807, 2.05) is 30.3 Å². The summed E-state index contributed by atoms with van der Waals surface area (Å²) in [5.74, 6) is -0.396. The number of nitro benzene ring substituents is 1. The summed E-state index contributed by atoms with van der Waals surface area (Å²) in [7, 11) is 0. The SMILES string of the molecule is O=C(NC(c1ccccc1)c1nc2ccc([N+](=O)[O-])cc2[nH]1)c1ccc(F)cc1. The summed E-state index contributed by atoms with van der Waals surface area (Å²) in [4.78, 5) is 30.8. The Morgan fingerprint density at radius 3 is 2.48 bits per heavy atom. The van der Waals surface area contributed by atoms with Gasteiger partial charge in [-0.3, -0.25) is 14.9 Å². The molecule has 1 heterocycles. The Balaban J connectivity index is 1.73. The molecule has 0 saturated heterocycles. The second-order valence-electron chi connectivity index (χ2n) is 6.40. The third-order valence-corrected chi connectivity index (χ3v) is 4.48. The number of amides is 1. The molecule has 3 aromatic carbocycles. The minimum Gasteiger partial charge on any atom is -0.340 e. The van der Waals surface area contributed by atoms with Crippen molar-refractivity contribution in [3.05, 3.63) is 106 Å². The Hall–Kier alpha value is -4.07. The van der Waals surface area contributed by atoms with Crippen molar-refractivity contribution < 1.29 is 14.1 Å². The summed E-state index contributed by atoms with van der Waals surface area (Å²) in [5.41, 5.74) is 2.06. The first-order chi connectivity index (χ1) is 14.0. The molecule has 7 nitrogen and oxygen atoms in total. The third-order valence-electron chi connectivity index (χ3n) is 4.48. The van der Waals surface area contributed by atoms with Crippen LogP contribution in [0.15, 0.2) is 72.8 Å². The van der Waals surface area contributed by atoms with Gasteiger partial charge in [-0.25, -0.2) is 9.37 Å². The lowest BCUT2D eigenvalue weighted by Gasteiger charge is -2.17. The standard InChI is InChI=1S/C21H15FN4O3/c22-15-8-6-14(7-9-15)21(27)25-19(13-4-2-1-3-5-13)20-23-17-11-10-16(26(28)29)12-18(17)24-20/h1-12,19H,(H,23,24)(H,25,27). The minimum absolute atomic E-state index is 0.0562. The van der Waals surface area contributed by atoms with E-state index in [0.29, 0.717) is 22.4 Å². The highest BCUT2D eigenvalue weighted by molar-refractivity contribution is 5.94. The summed E-state index contributed by atoms with van der Waals surface area (Å²) < 4.78 is 13.2. The second kappa shape index (κ2) is 7.51. The summed E-state index contributed by atoms with van der Waals surface area (Å²) in [5, 5.41) is 13.9. The maximum atomic E-state index is 13.2. The molecule has 0 aliphatic heterocycles. The predicted molar refractivity (Wildman–Crippen MR) is 105 cm³/mol. The number of rotatable bonds is 5. The lowest BCUT2D eigenvalue weighted by atomic mass is 10.1. The van der Waals surface area contributed by atoms with Gasteiger partial charge in [0.25, 0.3) is 11.6 Å². The number of H-pyrrole nitrogens is 1. The van der Waals surface area contributed by atoms with E-state index in [4.69, 9.17) is 0 Å². The normalized spacial score (nSPS) is 11.9. The van der Waals surface area contributed by atoms with E-state index in [1.165, 1.54) is 36.4 Å². The molecule has 2 N–H and O–H groups in total. The molecular weight excluding hydrogens is 375 g/mol. The van der Waals surface area contributed by atoms with Crippen LogP contribution >= 0.6 is 0 Å². The van der Waals surface area contributed by atoms with Gasteiger partial charge in [-0.15, -0.1) is 0 Å². The highest BCUT2D eigenvalue weighted by atomic mass is 19.1. The minimum atomic E-state index is -0.625. The molecule has 0 radical (unpaired) electrons. The molecule has 0 aliphatic carbocycles. The van der Waals surface area contributed by atoms with E-state index in [0.717, 1.165) is 5.56 Å². The van der Waals surface area contributed by atoms with Crippen LogP contribution in [0.1, 0.15) is 27.8 Å². The predicted octanol–water partition coefficient (Wildman–Crippen LogP) is 4.13. The van der Waals surface area contributed by atoms with E-state index in [2.05, 4.69) is 15.3 Å². The smallest absolute Gasteiger partial charge is 0.271 e. The molecule has 1 amide bonds. The fourth-order valence-electron chi connectivity index (χ4n) is 3.04. The number of hydrogen-bond acceptors (Lipinski definition) is 4. The first-order valence-electron chi connectivity index (χ1n) is 8.77. The van der Waals surface area contributed by atoms with Gasteiger partial charge < -0.3 is 10.3 Å². The molecule has 1 aromatic heterocycles. The van der Waals surface area contributed by atoms with Gasteiger partial charge >= 0.3 is 0 Å². The largest absolute Gasteiger partial charge is 0.340 e. The van der Waals surface area contributed by atoms with Gasteiger partial charge in [0.15, 0.2) is 0 Å². The van der Waals surface area contributed by atoms with Crippen LogP contribution in [0.4, 0.5) is 10.1 Å². The molecule has 0 bridgehead atoms. The number of nitro groups is 1. The highest BCUT2D eigenvalue weighted by Gasteiger charge is 2.22. The summed E-state index contributed by atoms with van der Waals surface area (Å²) in [6.45, 7) is 0. The van der Waals surface area contributed by atoms with E-state index in [1.54, 1.807) is 6.07 Å². The Bertz CT molecular complexity index is 1190. The van der Waals surface area contributed by atoms with Crippen LogP contribution in [-0.4, -0.2) is 20.8 Å². The lowest BCUT2D eigenvalue weighted by molar-refractivity contribution is -0.384. The number of imidazole rings is 1. The van der Waals surface area contributed by atoms with E-state index < -0.39 is 22.7 Å². The monoisotopic (exact) mass is 390 g/mol.